The van der Waals surface area contributed by atoms with E-state index in [0.717, 1.165) is 17.0 Å². The summed E-state index contributed by atoms with van der Waals surface area (Å²) < 4.78 is 5.92. The number of hydrogen-bond acceptors (Lipinski definition) is 2. The molecule has 0 aliphatic heterocycles. The number of rotatable bonds is 2. The van der Waals surface area contributed by atoms with Crippen molar-refractivity contribution >= 4 is 12.2 Å². The van der Waals surface area contributed by atoms with E-state index in [9.17, 15) is 0 Å². The van der Waals surface area contributed by atoms with Crippen LogP contribution in [0.5, 0.6) is 5.75 Å². The third kappa shape index (κ3) is 1.94. The van der Waals surface area contributed by atoms with Gasteiger partial charge in [-0.2, -0.15) is 0 Å². The summed E-state index contributed by atoms with van der Waals surface area (Å²) in [5.41, 5.74) is 3.15. The van der Waals surface area contributed by atoms with E-state index in [4.69, 9.17) is 17.0 Å². The Bertz CT molecular complexity index is 527. The quantitative estimate of drug-likeness (QED) is 0.764. The number of H-pyrrole nitrogens is 2. The zero-order valence-corrected chi connectivity index (χ0v) is 9.44. The van der Waals surface area contributed by atoms with E-state index in [1.807, 2.05) is 25.3 Å². The molecule has 0 bridgehead atoms. The van der Waals surface area contributed by atoms with Crippen molar-refractivity contribution in [1.82, 2.24) is 9.97 Å². The van der Waals surface area contributed by atoms with Crippen molar-refractivity contribution in [3.05, 3.63) is 34.7 Å². The molecule has 0 aliphatic rings. The summed E-state index contributed by atoms with van der Waals surface area (Å²) in [6, 6.07) is 6.03. The minimum atomic E-state index is 0.619. The average molecular weight is 220 g/mol. The van der Waals surface area contributed by atoms with Gasteiger partial charge in [0.05, 0.1) is 12.8 Å². The molecule has 2 rings (SSSR count). The third-order valence-electron chi connectivity index (χ3n) is 2.24. The standard InChI is InChI=1S/C11H12N2OS/c1-7-3-4-10(14-2)8(5-7)9-6-12-11(15)13-9/h3-6H,1-2H3,(H2,12,13,15). The monoisotopic (exact) mass is 220 g/mol. The van der Waals surface area contributed by atoms with Gasteiger partial charge in [-0.15, -0.1) is 0 Å². The summed E-state index contributed by atoms with van der Waals surface area (Å²) in [7, 11) is 1.66. The van der Waals surface area contributed by atoms with Gasteiger partial charge >= 0.3 is 0 Å². The Hall–Kier alpha value is -1.55. The molecule has 0 radical (unpaired) electrons. The molecule has 1 aromatic heterocycles. The molecule has 0 fully saturated rings. The van der Waals surface area contributed by atoms with Crippen molar-refractivity contribution in [3.8, 4) is 17.0 Å². The maximum absolute atomic E-state index is 5.30. The van der Waals surface area contributed by atoms with Gasteiger partial charge in [-0.25, -0.2) is 0 Å². The van der Waals surface area contributed by atoms with E-state index in [1.165, 1.54) is 5.56 Å². The van der Waals surface area contributed by atoms with Crippen LogP contribution in [-0.2, 0) is 0 Å². The van der Waals surface area contributed by atoms with Gasteiger partial charge in [0.15, 0.2) is 4.77 Å². The van der Waals surface area contributed by atoms with E-state index in [1.54, 1.807) is 7.11 Å². The molecule has 2 N–H and O–H groups in total. The van der Waals surface area contributed by atoms with Crippen LogP contribution in [0.25, 0.3) is 11.3 Å². The zero-order valence-electron chi connectivity index (χ0n) is 8.63. The van der Waals surface area contributed by atoms with Crippen molar-refractivity contribution in [1.29, 1.82) is 0 Å². The summed E-state index contributed by atoms with van der Waals surface area (Å²) in [6.07, 6.45) is 1.85. The van der Waals surface area contributed by atoms with Crippen LogP contribution in [0.2, 0.25) is 0 Å². The first-order valence-corrected chi connectivity index (χ1v) is 5.04. The highest BCUT2D eigenvalue weighted by Crippen LogP contribution is 2.28. The second-order valence-electron chi connectivity index (χ2n) is 3.36. The topological polar surface area (TPSA) is 40.8 Å². The highest BCUT2D eigenvalue weighted by atomic mass is 32.1. The molecule has 0 amide bonds. The summed E-state index contributed by atoms with van der Waals surface area (Å²) in [5.74, 6) is 0.839. The Morgan fingerprint density at radius 2 is 2.13 bits per heavy atom. The number of aromatic nitrogens is 2. The van der Waals surface area contributed by atoms with Gasteiger partial charge in [0, 0.05) is 11.8 Å². The molecule has 1 aromatic carbocycles. The number of hydrogen-bond donors (Lipinski definition) is 2. The second kappa shape index (κ2) is 3.90. The van der Waals surface area contributed by atoms with E-state index in [2.05, 4.69) is 16.0 Å². The minimum Gasteiger partial charge on any atom is -0.496 e. The van der Waals surface area contributed by atoms with Crippen molar-refractivity contribution in [2.24, 2.45) is 0 Å². The van der Waals surface area contributed by atoms with Gasteiger partial charge in [-0.1, -0.05) is 11.6 Å². The Morgan fingerprint density at radius 3 is 2.73 bits per heavy atom. The molecule has 0 saturated heterocycles. The number of methoxy groups -OCH3 is 1. The van der Waals surface area contributed by atoms with E-state index in [-0.39, 0.29) is 0 Å². The molecular weight excluding hydrogens is 208 g/mol. The smallest absolute Gasteiger partial charge is 0.174 e. The molecule has 2 aromatic rings. The van der Waals surface area contributed by atoms with Gasteiger partial charge in [-0.05, 0) is 31.3 Å². The number of aryl methyl sites for hydroxylation is 1. The van der Waals surface area contributed by atoms with Gasteiger partial charge in [0.25, 0.3) is 0 Å². The Kier molecular flexibility index (Phi) is 2.60. The third-order valence-corrected chi connectivity index (χ3v) is 2.46. The van der Waals surface area contributed by atoms with Crippen molar-refractivity contribution < 1.29 is 4.74 Å². The number of imidazole rings is 1. The molecule has 3 nitrogen and oxygen atoms in total. The number of benzene rings is 1. The van der Waals surface area contributed by atoms with Crippen LogP contribution in [0.4, 0.5) is 0 Å². The molecule has 4 heteroatoms. The maximum atomic E-state index is 5.30. The number of aromatic amines is 2. The average Bonchev–Trinajstić information content (AvgIpc) is 2.65. The summed E-state index contributed by atoms with van der Waals surface area (Å²) in [6.45, 7) is 2.05. The fourth-order valence-electron chi connectivity index (χ4n) is 1.51. The zero-order chi connectivity index (χ0) is 10.8. The SMILES string of the molecule is COc1ccc(C)cc1-c1c[nH]c(=S)[nH]1. The second-order valence-corrected chi connectivity index (χ2v) is 3.77. The fourth-order valence-corrected chi connectivity index (χ4v) is 1.68. The first-order chi connectivity index (χ1) is 7.20. The molecule has 0 aliphatic carbocycles. The summed E-state index contributed by atoms with van der Waals surface area (Å²) in [4.78, 5) is 6.02. The van der Waals surface area contributed by atoms with E-state index < -0.39 is 0 Å². The number of ether oxygens (including phenoxy) is 1. The van der Waals surface area contributed by atoms with Crippen LogP contribution in [0.15, 0.2) is 24.4 Å². The van der Waals surface area contributed by atoms with Gasteiger partial charge in [0.1, 0.15) is 5.75 Å². The van der Waals surface area contributed by atoms with E-state index >= 15 is 0 Å². The lowest BCUT2D eigenvalue weighted by atomic mass is 10.1. The van der Waals surface area contributed by atoms with Gasteiger partial charge in [0.2, 0.25) is 0 Å². The van der Waals surface area contributed by atoms with Crippen molar-refractivity contribution in [2.45, 2.75) is 6.92 Å². The van der Waals surface area contributed by atoms with Crippen LogP contribution in [-0.4, -0.2) is 17.1 Å². The lowest BCUT2D eigenvalue weighted by molar-refractivity contribution is 0.416. The molecular formula is C11H12N2OS. The molecule has 78 valence electrons. The number of nitrogens with one attached hydrogen (secondary N) is 2. The van der Waals surface area contributed by atoms with Crippen LogP contribution < -0.4 is 4.74 Å². The maximum Gasteiger partial charge on any atom is 0.174 e. The van der Waals surface area contributed by atoms with Crippen LogP contribution in [0.1, 0.15) is 5.56 Å². The van der Waals surface area contributed by atoms with Crippen molar-refractivity contribution in [3.63, 3.8) is 0 Å². The van der Waals surface area contributed by atoms with Crippen LogP contribution in [0, 0.1) is 11.7 Å². The van der Waals surface area contributed by atoms with Crippen LogP contribution >= 0.6 is 12.2 Å². The fraction of sp³-hybridized carbons (Fsp3) is 0.182. The lowest BCUT2D eigenvalue weighted by Crippen LogP contribution is -1.88. The highest BCUT2D eigenvalue weighted by Gasteiger charge is 2.06. The summed E-state index contributed by atoms with van der Waals surface area (Å²) >= 11 is 4.99. The Morgan fingerprint density at radius 1 is 1.33 bits per heavy atom. The van der Waals surface area contributed by atoms with Gasteiger partial charge < -0.3 is 14.7 Å². The largest absolute Gasteiger partial charge is 0.496 e. The Labute approximate surface area is 93.1 Å². The first-order valence-electron chi connectivity index (χ1n) is 4.63. The van der Waals surface area contributed by atoms with Crippen molar-refractivity contribution in [2.75, 3.05) is 7.11 Å². The molecule has 15 heavy (non-hydrogen) atoms. The Balaban J connectivity index is 2.59. The predicted molar refractivity (Wildman–Crippen MR) is 62.7 cm³/mol. The van der Waals surface area contributed by atoms with Gasteiger partial charge in [-0.3, -0.25) is 0 Å². The molecule has 0 spiro atoms. The summed E-state index contributed by atoms with van der Waals surface area (Å²) in [5, 5.41) is 0. The van der Waals surface area contributed by atoms with Crippen LogP contribution in [0.3, 0.4) is 0 Å². The predicted octanol–water partition coefficient (Wildman–Crippen LogP) is 3.06. The lowest BCUT2D eigenvalue weighted by Gasteiger charge is -2.07. The molecule has 0 unspecified atom stereocenters. The molecule has 0 saturated carbocycles. The first kappa shape index (κ1) is 9.98. The highest BCUT2D eigenvalue weighted by molar-refractivity contribution is 7.71. The molecule has 0 atom stereocenters. The normalized spacial score (nSPS) is 10.3. The molecule has 1 heterocycles. The van der Waals surface area contributed by atoms with E-state index in [0.29, 0.717) is 4.77 Å². The minimum absolute atomic E-state index is 0.619.